The van der Waals surface area contributed by atoms with Gasteiger partial charge in [-0.25, -0.2) is 0 Å². The van der Waals surface area contributed by atoms with Gasteiger partial charge in [-0.05, 0) is 60.3 Å². The first-order valence-electron chi connectivity index (χ1n) is 9.67. The fourth-order valence-corrected chi connectivity index (χ4v) is 6.68. The zero-order chi connectivity index (χ0) is 18.0. The molecule has 0 radical (unpaired) electrons. The Morgan fingerprint density at radius 3 is 2.68 bits per heavy atom. The van der Waals surface area contributed by atoms with E-state index in [0.29, 0.717) is 30.0 Å². The molecule has 1 unspecified atom stereocenters. The molecular formula is C21H28O4. The van der Waals surface area contributed by atoms with Gasteiger partial charge in [0, 0.05) is 26.2 Å². The molecule has 0 N–H and O–H groups in total. The van der Waals surface area contributed by atoms with Crippen LogP contribution in [0.25, 0.3) is 0 Å². The monoisotopic (exact) mass is 344 g/mol. The Kier molecular flexibility index (Phi) is 3.75. The number of Topliss-reactive ketones (excluding diaryl/α,β-unsaturated/α-hetero) is 1. The van der Waals surface area contributed by atoms with Crippen LogP contribution >= 0.6 is 0 Å². The second-order valence-electron chi connectivity index (χ2n) is 9.32. The molecule has 6 atom stereocenters. The molecule has 136 valence electrons. The van der Waals surface area contributed by atoms with Crippen molar-refractivity contribution >= 4 is 17.5 Å². The number of esters is 1. The fourth-order valence-electron chi connectivity index (χ4n) is 6.68. The van der Waals surface area contributed by atoms with Crippen LogP contribution in [0.3, 0.4) is 0 Å². The predicted octanol–water partition coefficient (Wildman–Crippen LogP) is 3.63. The summed E-state index contributed by atoms with van der Waals surface area (Å²) in [6.07, 6.45) is 7.45. The number of carbonyl (C=O) groups is 3. The predicted molar refractivity (Wildman–Crippen MR) is 92.7 cm³/mol. The Labute approximate surface area is 149 Å². The lowest BCUT2D eigenvalue weighted by Crippen LogP contribution is -2.51. The minimum absolute atomic E-state index is 0.0576. The molecule has 4 rings (SSSR count). The molecule has 3 saturated carbocycles. The highest BCUT2D eigenvalue weighted by atomic mass is 16.5. The van der Waals surface area contributed by atoms with Crippen LogP contribution in [0.1, 0.15) is 65.7 Å². The van der Waals surface area contributed by atoms with Crippen molar-refractivity contribution in [2.75, 3.05) is 0 Å². The van der Waals surface area contributed by atoms with Crippen molar-refractivity contribution in [3.63, 3.8) is 0 Å². The van der Waals surface area contributed by atoms with Crippen molar-refractivity contribution in [1.29, 1.82) is 0 Å². The third-order valence-electron chi connectivity index (χ3n) is 7.85. The van der Waals surface area contributed by atoms with Crippen LogP contribution in [0.4, 0.5) is 0 Å². The molecule has 0 amide bonds. The summed E-state index contributed by atoms with van der Waals surface area (Å²) in [6.45, 7) is 5.94. The quantitative estimate of drug-likeness (QED) is 0.682. The first kappa shape index (κ1) is 17.0. The summed E-state index contributed by atoms with van der Waals surface area (Å²) >= 11 is 0. The van der Waals surface area contributed by atoms with E-state index < -0.39 is 6.10 Å². The molecule has 0 bridgehead atoms. The molecule has 4 nitrogen and oxygen atoms in total. The van der Waals surface area contributed by atoms with E-state index in [-0.39, 0.29) is 22.6 Å². The third kappa shape index (κ3) is 2.51. The lowest BCUT2D eigenvalue weighted by atomic mass is 9.47. The normalized spacial score (nSPS) is 46.0. The molecule has 0 spiro atoms. The van der Waals surface area contributed by atoms with Crippen LogP contribution in [0.2, 0.25) is 0 Å². The van der Waals surface area contributed by atoms with E-state index in [9.17, 15) is 14.4 Å². The van der Waals surface area contributed by atoms with Crippen molar-refractivity contribution in [1.82, 2.24) is 0 Å². The summed E-state index contributed by atoms with van der Waals surface area (Å²) in [7, 11) is 0. The Bertz CT molecular complexity index is 677. The Hall–Kier alpha value is -1.45. The average Bonchev–Trinajstić information content (AvgIpc) is 2.82. The molecule has 3 fully saturated rings. The molecule has 4 aliphatic carbocycles. The van der Waals surface area contributed by atoms with Crippen molar-refractivity contribution < 1.29 is 19.1 Å². The van der Waals surface area contributed by atoms with Gasteiger partial charge < -0.3 is 4.74 Å². The van der Waals surface area contributed by atoms with Crippen molar-refractivity contribution in [3.8, 4) is 0 Å². The zero-order valence-electron chi connectivity index (χ0n) is 15.5. The lowest BCUT2D eigenvalue weighted by Gasteiger charge is -2.57. The molecule has 0 heterocycles. The molecule has 4 aliphatic rings. The molecule has 25 heavy (non-hydrogen) atoms. The Balaban J connectivity index is 1.66. The van der Waals surface area contributed by atoms with E-state index in [0.717, 1.165) is 38.5 Å². The van der Waals surface area contributed by atoms with Crippen LogP contribution in [0.15, 0.2) is 11.6 Å². The highest BCUT2D eigenvalue weighted by molar-refractivity contribution is 5.96. The summed E-state index contributed by atoms with van der Waals surface area (Å²) in [5.74, 6) is 1.51. The first-order chi connectivity index (χ1) is 11.7. The van der Waals surface area contributed by atoms with Crippen LogP contribution in [0, 0.1) is 28.6 Å². The van der Waals surface area contributed by atoms with Gasteiger partial charge in [0.25, 0.3) is 0 Å². The third-order valence-corrected chi connectivity index (χ3v) is 7.85. The van der Waals surface area contributed by atoms with E-state index in [4.69, 9.17) is 4.74 Å². The number of allylic oxidation sites excluding steroid dienone is 1. The SMILES string of the molecule is CC(=O)OC1C[C@@]2(C)C(=CC1=O)CC[C@H]1[C@@H]3CC(=O)C[C@@]3(C)CC[C@@H]12. The fraction of sp³-hybridized carbons (Fsp3) is 0.762. The minimum Gasteiger partial charge on any atom is -0.454 e. The van der Waals surface area contributed by atoms with E-state index in [1.807, 2.05) is 0 Å². The van der Waals surface area contributed by atoms with E-state index in [1.54, 1.807) is 6.08 Å². The molecule has 0 aromatic carbocycles. The molecule has 4 heteroatoms. The van der Waals surface area contributed by atoms with Gasteiger partial charge in [-0.15, -0.1) is 0 Å². The maximum atomic E-state index is 12.4. The summed E-state index contributed by atoms with van der Waals surface area (Å²) in [4.78, 5) is 35.9. The van der Waals surface area contributed by atoms with Crippen LogP contribution in [-0.2, 0) is 19.1 Å². The summed E-state index contributed by atoms with van der Waals surface area (Å²) in [5.41, 5.74) is 1.34. The number of fused-ring (bicyclic) bond motifs is 5. The van der Waals surface area contributed by atoms with Gasteiger partial charge in [0.1, 0.15) is 5.78 Å². The van der Waals surface area contributed by atoms with Crippen molar-refractivity contribution in [2.45, 2.75) is 71.8 Å². The zero-order valence-corrected chi connectivity index (χ0v) is 15.5. The number of hydrogen-bond donors (Lipinski definition) is 0. The van der Waals surface area contributed by atoms with Crippen LogP contribution in [-0.4, -0.2) is 23.6 Å². The lowest BCUT2D eigenvalue weighted by molar-refractivity contribution is -0.155. The molecule has 0 aliphatic heterocycles. The Morgan fingerprint density at radius 1 is 1.20 bits per heavy atom. The number of ketones is 2. The van der Waals surface area contributed by atoms with Crippen molar-refractivity contribution in [2.24, 2.45) is 28.6 Å². The number of rotatable bonds is 1. The van der Waals surface area contributed by atoms with Gasteiger partial charge >= 0.3 is 5.97 Å². The van der Waals surface area contributed by atoms with Crippen LogP contribution < -0.4 is 0 Å². The molecular weight excluding hydrogens is 316 g/mol. The second kappa shape index (κ2) is 5.52. The topological polar surface area (TPSA) is 60.4 Å². The number of carbonyl (C=O) groups excluding carboxylic acids is 3. The molecule has 0 aromatic heterocycles. The largest absolute Gasteiger partial charge is 0.454 e. The smallest absolute Gasteiger partial charge is 0.303 e. The van der Waals surface area contributed by atoms with Gasteiger partial charge in [0.2, 0.25) is 0 Å². The van der Waals surface area contributed by atoms with E-state index in [2.05, 4.69) is 13.8 Å². The Morgan fingerprint density at radius 2 is 1.96 bits per heavy atom. The molecule has 0 saturated heterocycles. The number of ether oxygens (including phenoxy) is 1. The van der Waals surface area contributed by atoms with Gasteiger partial charge in [0.05, 0.1) is 0 Å². The minimum atomic E-state index is -0.636. The van der Waals surface area contributed by atoms with E-state index in [1.165, 1.54) is 12.5 Å². The van der Waals surface area contributed by atoms with Crippen molar-refractivity contribution in [3.05, 3.63) is 11.6 Å². The highest BCUT2D eigenvalue weighted by Gasteiger charge is 2.58. The van der Waals surface area contributed by atoms with E-state index >= 15 is 0 Å². The molecule has 0 aromatic rings. The summed E-state index contributed by atoms with van der Waals surface area (Å²) in [6, 6.07) is 0. The number of hydrogen-bond acceptors (Lipinski definition) is 4. The van der Waals surface area contributed by atoms with Gasteiger partial charge in [-0.1, -0.05) is 19.4 Å². The summed E-state index contributed by atoms with van der Waals surface area (Å²) < 4.78 is 5.33. The van der Waals surface area contributed by atoms with Gasteiger partial charge in [-0.3, -0.25) is 14.4 Å². The van der Waals surface area contributed by atoms with Gasteiger partial charge in [0.15, 0.2) is 11.9 Å². The standard InChI is InChI=1S/C21H28O4/c1-12(22)25-19-11-21(3)13(8-18(19)24)4-5-15-16(21)6-7-20(2)10-14(23)9-17(15)20/h8,15-17,19H,4-7,9-11H2,1-3H3/t15-,16+,17+,19?,20-,21+/m1/s1. The average molecular weight is 344 g/mol. The maximum absolute atomic E-state index is 12.4. The summed E-state index contributed by atoms with van der Waals surface area (Å²) in [5, 5.41) is 0. The maximum Gasteiger partial charge on any atom is 0.303 e. The second-order valence-corrected chi connectivity index (χ2v) is 9.32. The van der Waals surface area contributed by atoms with Gasteiger partial charge in [-0.2, -0.15) is 0 Å². The van der Waals surface area contributed by atoms with Crippen LogP contribution in [0.5, 0.6) is 0 Å². The highest BCUT2D eigenvalue weighted by Crippen LogP contribution is 2.64. The first-order valence-corrected chi connectivity index (χ1v) is 9.67.